The third-order valence-electron chi connectivity index (χ3n) is 3.49. The Morgan fingerprint density at radius 1 is 1.43 bits per heavy atom. The lowest BCUT2D eigenvalue weighted by atomic mass is 10.1. The highest BCUT2D eigenvalue weighted by Gasteiger charge is 2.21. The highest BCUT2D eigenvalue weighted by molar-refractivity contribution is 7.14. The zero-order valence-corrected chi connectivity index (χ0v) is 13.2. The molecule has 2 N–H and O–H groups in total. The summed E-state index contributed by atoms with van der Waals surface area (Å²) < 4.78 is 0.793. The van der Waals surface area contributed by atoms with E-state index < -0.39 is 0 Å². The zero-order chi connectivity index (χ0) is 14.8. The van der Waals surface area contributed by atoms with E-state index >= 15 is 0 Å². The van der Waals surface area contributed by atoms with Crippen molar-refractivity contribution in [3.63, 3.8) is 0 Å². The Balaban J connectivity index is 1.75. The summed E-state index contributed by atoms with van der Waals surface area (Å²) in [6.45, 7) is 3.49. The molecule has 1 saturated heterocycles. The van der Waals surface area contributed by atoms with Crippen LogP contribution in [0.5, 0.6) is 0 Å². The van der Waals surface area contributed by atoms with Crippen LogP contribution >= 0.6 is 22.9 Å². The number of carbonyl (C=O) groups excluding carboxylic acids is 1. The molecule has 0 saturated carbocycles. The van der Waals surface area contributed by atoms with Gasteiger partial charge in [0.15, 0.2) is 0 Å². The topological polar surface area (TPSA) is 44.4 Å². The molecular weight excluding hydrogens is 306 g/mol. The van der Waals surface area contributed by atoms with E-state index in [1.54, 1.807) is 4.90 Å². The van der Waals surface area contributed by atoms with Crippen molar-refractivity contribution >= 4 is 40.3 Å². The SMILES string of the molecule is CC(Nc1cccc(N2CCNC2=O)c1)c1csc(Cl)c1. The van der Waals surface area contributed by atoms with Crippen LogP contribution in [0.15, 0.2) is 35.7 Å². The van der Waals surface area contributed by atoms with Crippen molar-refractivity contribution < 1.29 is 4.79 Å². The van der Waals surface area contributed by atoms with Gasteiger partial charge in [0.25, 0.3) is 0 Å². The van der Waals surface area contributed by atoms with E-state index in [4.69, 9.17) is 11.6 Å². The van der Waals surface area contributed by atoms with Gasteiger partial charge in [0.1, 0.15) is 0 Å². The minimum absolute atomic E-state index is 0.0372. The van der Waals surface area contributed by atoms with Crippen molar-refractivity contribution in [2.24, 2.45) is 0 Å². The number of amides is 2. The fourth-order valence-electron chi connectivity index (χ4n) is 2.37. The summed E-state index contributed by atoms with van der Waals surface area (Å²) in [5.74, 6) is 0. The molecule has 0 aliphatic carbocycles. The molecule has 1 aromatic carbocycles. The molecule has 1 aliphatic heterocycles. The molecular formula is C15H16ClN3OS. The standard InChI is InChI=1S/C15H16ClN3OS/c1-10(11-7-14(16)21-9-11)18-12-3-2-4-13(8-12)19-6-5-17-15(19)20/h2-4,7-10,18H,5-6H2,1H3,(H,17,20). The van der Waals surface area contributed by atoms with Crippen molar-refractivity contribution in [1.82, 2.24) is 5.32 Å². The van der Waals surface area contributed by atoms with Crippen LogP contribution in [0.4, 0.5) is 16.2 Å². The fourth-order valence-corrected chi connectivity index (χ4v) is 3.35. The molecule has 4 nitrogen and oxygen atoms in total. The van der Waals surface area contributed by atoms with E-state index in [0.717, 1.165) is 21.3 Å². The predicted octanol–water partition coefficient (Wildman–Crippen LogP) is 4.10. The van der Waals surface area contributed by atoms with Gasteiger partial charge in [-0.3, -0.25) is 4.90 Å². The highest BCUT2D eigenvalue weighted by Crippen LogP contribution is 2.28. The predicted molar refractivity (Wildman–Crippen MR) is 88.6 cm³/mol. The number of nitrogens with one attached hydrogen (secondary N) is 2. The smallest absolute Gasteiger partial charge is 0.321 e. The summed E-state index contributed by atoms with van der Waals surface area (Å²) in [4.78, 5) is 13.5. The lowest BCUT2D eigenvalue weighted by Gasteiger charge is -2.18. The van der Waals surface area contributed by atoms with Crippen molar-refractivity contribution in [2.45, 2.75) is 13.0 Å². The Kier molecular flexibility index (Phi) is 4.03. The number of halogens is 1. The molecule has 1 fully saturated rings. The van der Waals surface area contributed by atoms with Crippen LogP contribution in [0.2, 0.25) is 4.34 Å². The molecule has 0 bridgehead atoms. The van der Waals surface area contributed by atoms with Crippen LogP contribution < -0.4 is 15.5 Å². The highest BCUT2D eigenvalue weighted by atomic mass is 35.5. The number of urea groups is 1. The van der Waals surface area contributed by atoms with E-state index in [0.29, 0.717) is 13.1 Å². The number of rotatable bonds is 4. The minimum atomic E-state index is -0.0372. The summed E-state index contributed by atoms with van der Waals surface area (Å²) >= 11 is 7.51. The summed E-state index contributed by atoms with van der Waals surface area (Å²) in [6, 6.07) is 10.00. The van der Waals surface area contributed by atoms with E-state index in [-0.39, 0.29) is 12.1 Å². The van der Waals surface area contributed by atoms with Crippen LogP contribution in [0.3, 0.4) is 0 Å². The molecule has 1 atom stereocenters. The van der Waals surface area contributed by atoms with Crippen LogP contribution in [0, 0.1) is 0 Å². The Morgan fingerprint density at radius 3 is 2.95 bits per heavy atom. The van der Waals surface area contributed by atoms with Crippen molar-refractivity contribution in [1.29, 1.82) is 0 Å². The molecule has 3 rings (SSSR count). The molecule has 2 aromatic rings. The number of benzene rings is 1. The van der Waals surface area contributed by atoms with Crippen molar-refractivity contribution in [3.05, 3.63) is 45.6 Å². The number of hydrogen-bond donors (Lipinski definition) is 2. The largest absolute Gasteiger partial charge is 0.378 e. The van der Waals surface area contributed by atoms with E-state index in [1.165, 1.54) is 11.3 Å². The van der Waals surface area contributed by atoms with Gasteiger partial charge < -0.3 is 10.6 Å². The van der Waals surface area contributed by atoms with Gasteiger partial charge in [-0.25, -0.2) is 4.79 Å². The molecule has 2 amide bonds. The molecule has 2 heterocycles. The second-order valence-electron chi connectivity index (χ2n) is 4.98. The molecule has 0 spiro atoms. The molecule has 0 radical (unpaired) electrons. The average molecular weight is 322 g/mol. The normalized spacial score (nSPS) is 15.9. The number of hydrogen-bond acceptors (Lipinski definition) is 3. The third kappa shape index (κ3) is 3.14. The van der Waals surface area contributed by atoms with Crippen molar-refractivity contribution in [3.8, 4) is 0 Å². The lowest BCUT2D eigenvalue weighted by molar-refractivity contribution is 0.252. The molecule has 1 aromatic heterocycles. The van der Waals surface area contributed by atoms with Gasteiger partial charge in [-0.05, 0) is 42.1 Å². The van der Waals surface area contributed by atoms with E-state index in [2.05, 4.69) is 22.9 Å². The molecule has 21 heavy (non-hydrogen) atoms. The van der Waals surface area contributed by atoms with Gasteiger partial charge in [0.05, 0.1) is 4.34 Å². The first-order valence-electron chi connectivity index (χ1n) is 6.79. The third-order valence-corrected chi connectivity index (χ3v) is 4.59. The van der Waals surface area contributed by atoms with Gasteiger partial charge >= 0.3 is 6.03 Å². The molecule has 1 unspecified atom stereocenters. The number of anilines is 2. The summed E-state index contributed by atoms with van der Waals surface area (Å²) in [5.41, 5.74) is 3.06. The summed E-state index contributed by atoms with van der Waals surface area (Å²) in [6.07, 6.45) is 0. The molecule has 6 heteroatoms. The first-order chi connectivity index (χ1) is 10.1. The number of carbonyl (C=O) groups is 1. The fraction of sp³-hybridized carbons (Fsp3) is 0.267. The van der Waals surface area contributed by atoms with Crippen molar-refractivity contribution in [2.75, 3.05) is 23.3 Å². The Hall–Kier alpha value is -1.72. The van der Waals surface area contributed by atoms with E-state index in [1.807, 2.05) is 30.3 Å². The van der Waals surface area contributed by atoms with Crippen LogP contribution in [-0.2, 0) is 0 Å². The van der Waals surface area contributed by atoms with Gasteiger partial charge in [-0.15, -0.1) is 11.3 Å². The van der Waals surface area contributed by atoms with Crippen LogP contribution in [0.25, 0.3) is 0 Å². The lowest BCUT2D eigenvalue weighted by Crippen LogP contribution is -2.27. The maximum Gasteiger partial charge on any atom is 0.321 e. The second-order valence-corrected chi connectivity index (χ2v) is 6.53. The van der Waals surface area contributed by atoms with E-state index in [9.17, 15) is 4.79 Å². The van der Waals surface area contributed by atoms with Gasteiger partial charge in [0.2, 0.25) is 0 Å². The summed E-state index contributed by atoms with van der Waals surface area (Å²) in [7, 11) is 0. The maximum absolute atomic E-state index is 11.7. The Bertz CT molecular complexity index is 658. The number of thiophene rings is 1. The monoisotopic (exact) mass is 321 g/mol. The van der Waals surface area contributed by atoms with Gasteiger partial charge in [0, 0.05) is 30.5 Å². The summed E-state index contributed by atoms with van der Waals surface area (Å²) in [5, 5.41) is 8.30. The zero-order valence-electron chi connectivity index (χ0n) is 11.6. The number of nitrogens with zero attached hydrogens (tertiary/aromatic N) is 1. The minimum Gasteiger partial charge on any atom is -0.378 e. The van der Waals surface area contributed by atoms with Gasteiger partial charge in [-0.2, -0.15) is 0 Å². The maximum atomic E-state index is 11.7. The molecule has 110 valence electrons. The second kappa shape index (κ2) is 5.95. The van der Waals surface area contributed by atoms with Crippen LogP contribution in [0.1, 0.15) is 18.5 Å². The van der Waals surface area contributed by atoms with Crippen LogP contribution in [-0.4, -0.2) is 19.1 Å². The average Bonchev–Trinajstić information content (AvgIpc) is 3.08. The Morgan fingerprint density at radius 2 is 2.29 bits per heavy atom. The first kappa shape index (κ1) is 14.2. The first-order valence-corrected chi connectivity index (χ1v) is 8.05. The Labute approximate surface area is 132 Å². The molecule has 1 aliphatic rings. The van der Waals surface area contributed by atoms with Gasteiger partial charge in [-0.1, -0.05) is 17.7 Å². The quantitative estimate of drug-likeness (QED) is 0.890.